The van der Waals surface area contributed by atoms with Gasteiger partial charge < -0.3 is 25.2 Å². The number of piperazine rings is 1. The van der Waals surface area contributed by atoms with Crippen molar-refractivity contribution in [3.8, 4) is 5.88 Å². The van der Waals surface area contributed by atoms with E-state index in [-0.39, 0.29) is 22.5 Å². The molecule has 2 heterocycles. The Morgan fingerprint density at radius 1 is 1.11 bits per heavy atom. The third-order valence-corrected chi connectivity index (χ3v) is 6.59. The number of carboxylic acid groups (broad SMARTS) is 1. The minimum atomic E-state index is -1.41. The van der Waals surface area contributed by atoms with Crippen LogP contribution in [-0.2, 0) is 6.61 Å². The number of β-amino-alcohol motifs (C(OH)–C–C–N with tert-alkyl or cyclic N) is 1. The van der Waals surface area contributed by atoms with E-state index >= 15 is 0 Å². The SMILES string of the molecule is O=C(NCCCCN1CCN(CCO)CC1)Nc1snc(OCc2c(F)cc(Cl)cc2F)c1C(=O)O. The summed E-state index contributed by atoms with van der Waals surface area (Å²) in [6.45, 7) is 5.30. The molecule has 1 aliphatic rings. The number of nitrogens with zero attached hydrogens (tertiary/aromatic N) is 3. The fraction of sp³-hybridized carbons (Fsp3) is 0.500. The molecule has 0 atom stereocenters. The first-order valence-corrected chi connectivity index (χ1v) is 12.5. The Kier molecular flexibility index (Phi) is 10.6. The van der Waals surface area contributed by atoms with E-state index in [9.17, 15) is 23.5 Å². The summed E-state index contributed by atoms with van der Waals surface area (Å²) in [6.07, 6.45) is 1.63. The van der Waals surface area contributed by atoms with Gasteiger partial charge in [-0.25, -0.2) is 18.4 Å². The second-order valence-electron chi connectivity index (χ2n) is 8.13. The van der Waals surface area contributed by atoms with Crippen LogP contribution in [0.1, 0.15) is 28.8 Å². The number of halogens is 3. The van der Waals surface area contributed by atoms with Crippen molar-refractivity contribution in [3.05, 3.63) is 39.9 Å². The van der Waals surface area contributed by atoms with E-state index in [1.54, 1.807) is 0 Å². The Morgan fingerprint density at radius 3 is 2.36 bits per heavy atom. The second-order valence-corrected chi connectivity index (χ2v) is 9.34. The number of urea groups is 1. The number of amides is 2. The Morgan fingerprint density at radius 2 is 1.75 bits per heavy atom. The van der Waals surface area contributed by atoms with Gasteiger partial charge in [0.05, 0.1) is 12.2 Å². The molecule has 4 N–H and O–H groups in total. The van der Waals surface area contributed by atoms with Crippen molar-refractivity contribution < 1.29 is 33.3 Å². The van der Waals surface area contributed by atoms with Crippen LogP contribution in [0.3, 0.4) is 0 Å². The van der Waals surface area contributed by atoms with E-state index < -0.39 is 41.4 Å². The van der Waals surface area contributed by atoms with Crippen LogP contribution in [0, 0.1) is 11.6 Å². The molecule has 0 aliphatic carbocycles. The van der Waals surface area contributed by atoms with Crippen LogP contribution in [0.4, 0.5) is 18.6 Å². The molecule has 0 bridgehead atoms. The third kappa shape index (κ3) is 7.96. The smallest absolute Gasteiger partial charge is 0.344 e. The van der Waals surface area contributed by atoms with Crippen molar-refractivity contribution in [2.45, 2.75) is 19.4 Å². The lowest BCUT2D eigenvalue weighted by Gasteiger charge is -2.34. The van der Waals surface area contributed by atoms with Gasteiger partial charge in [-0.2, -0.15) is 4.37 Å². The number of hydrogen-bond donors (Lipinski definition) is 4. The number of benzene rings is 1. The lowest BCUT2D eigenvalue weighted by molar-refractivity contribution is 0.0693. The lowest BCUT2D eigenvalue weighted by atomic mass is 10.2. The predicted octanol–water partition coefficient (Wildman–Crippen LogP) is 2.86. The topological polar surface area (TPSA) is 127 Å². The van der Waals surface area contributed by atoms with Crippen molar-refractivity contribution in [1.82, 2.24) is 19.5 Å². The molecular weight excluding hydrogens is 520 g/mol. The molecular formula is C22H28ClF2N5O5S. The van der Waals surface area contributed by atoms with Crippen LogP contribution in [0.15, 0.2) is 12.1 Å². The van der Waals surface area contributed by atoms with E-state index in [1.807, 2.05) is 0 Å². The number of nitrogens with one attached hydrogen (secondary N) is 2. The summed E-state index contributed by atoms with van der Waals surface area (Å²) in [5.41, 5.74) is -0.840. The molecule has 14 heteroatoms. The number of aliphatic hydroxyl groups excluding tert-OH is 1. The van der Waals surface area contributed by atoms with Crippen molar-refractivity contribution in [1.29, 1.82) is 0 Å². The van der Waals surface area contributed by atoms with Gasteiger partial charge in [0.1, 0.15) is 23.2 Å². The average Bonchev–Trinajstić information content (AvgIpc) is 3.22. The van der Waals surface area contributed by atoms with E-state index in [4.69, 9.17) is 21.4 Å². The van der Waals surface area contributed by atoms with Gasteiger partial charge in [-0.15, -0.1) is 0 Å². The molecule has 0 radical (unpaired) electrons. The number of unbranched alkanes of at least 4 members (excludes halogenated alkanes) is 1. The van der Waals surface area contributed by atoms with Gasteiger partial charge in [-0.1, -0.05) is 11.6 Å². The summed E-state index contributed by atoms with van der Waals surface area (Å²) in [5.74, 6) is -3.65. The van der Waals surface area contributed by atoms with Crippen molar-refractivity contribution in [2.24, 2.45) is 0 Å². The highest BCUT2D eigenvalue weighted by molar-refractivity contribution is 7.11. The number of carbonyl (C=O) groups is 2. The second kappa shape index (κ2) is 13.7. The normalized spacial score (nSPS) is 14.6. The van der Waals surface area contributed by atoms with Crippen LogP contribution < -0.4 is 15.4 Å². The Hall–Kier alpha value is -2.58. The fourth-order valence-corrected chi connectivity index (χ4v) is 4.60. The van der Waals surface area contributed by atoms with Crippen LogP contribution >= 0.6 is 23.1 Å². The summed E-state index contributed by atoms with van der Waals surface area (Å²) in [6, 6.07) is 1.23. The fourth-order valence-electron chi connectivity index (χ4n) is 3.69. The van der Waals surface area contributed by atoms with E-state index in [2.05, 4.69) is 24.8 Å². The van der Waals surface area contributed by atoms with Gasteiger partial charge in [-0.05, 0) is 43.1 Å². The molecule has 36 heavy (non-hydrogen) atoms. The summed E-state index contributed by atoms with van der Waals surface area (Å²) in [5, 5.41) is 23.5. The summed E-state index contributed by atoms with van der Waals surface area (Å²) < 4.78 is 37.0. The van der Waals surface area contributed by atoms with Gasteiger partial charge in [0.15, 0.2) is 5.56 Å². The molecule has 1 aromatic heterocycles. The number of carbonyl (C=O) groups excluding carboxylic acids is 1. The van der Waals surface area contributed by atoms with Crippen LogP contribution in [0.2, 0.25) is 5.02 Å². The first-order valence-electron chi connectivity index (χ1n) is 11.4. The number of rotatable bonds is 12. The Bertz CT molecular complexity index is 1030. The van der Waals surface area contributed by atoms with Gasteiger partial charge in [0, 0.05) is 44.3 Å². The van der Waals surface area contributed by atoms with Crippen LogP contribution in [0.25, 0.3) is 0 Å². The van der Waals surface area contributed by atoms with Gasteiger partial charge in [-0.3, -0.25) is 10.2 Å². The molecule has 198 valence electrons. The van der Waals surface area contributed by atoms with Gasteiger partial charge >= 0.3 is 12.0 Å². The van der Waals surface area contributed by atoms with E-state index in [0.717, 1.165) is 57.7 Å². The Labute approximate surface area is 216 Å². The van der Waals surface area contributed by atoms with E-state index in [0.29, 0.717) is 24.6 Å². The summed E-state index contributed by atoms with van der Waals surface area (Å²) in [7, 11) is 0. The van der Waals surface area contributed by atoms with Crippen molar-refractivity contribution in [3.63, 3.8) is 0 Å². The third-order valence-electron chi connectivity index (χ3n) is 5.63. The highest BCUT2D eigenvalue weighted by atomic mass is 35.5. The quantitative estimate of drug-likeness (QED) is 0.299. The molecule has 2 aromatic rings. The predicted molar refractivity (Wildman–Crippen MR) is 131 cm³/mol. The maximum atomic E-state index is 14.0. The zero-order chi connectivity index (χ0) is 26.1. The maximum absolute atomic E-state index is 14.0. The molecule has 1 aliphatic heterocycles. The number of carboxylic acids is 1. The molecule has 2 amide bonds. The van der Waals surface area contributed by atoms with Gasteiger partial charge in [0.25, 0.3) is 0 Å². The molecule has 0 saturated carbocycles. The lowest BCUT2D eigenvalue weighted by Crippen LogP contribution is -2.47. The Balaban J connectivity index is 1.43. The number of ether oxygens (including phenoxy) is 1. The largest absolute Gasteiger partial charge is 0.477 e. The highest BCUT2D eigenvalue weighted by Gasteiger charge is 2.24. The van der Waals surface area contributed by atoms with Crippen LogP contribution in [-0.4, -0.2) is 88.8 Å². The monoisotopic (exact) mass is 547 g/mol. The molecule has 10 nitrogen and oxygen atoms in total. The van der Waals surface area contributed by atoms with Crippen molar-refractivity contribution in [2.75, 3.05) is 57.7 Å². The maximum Gasteiger partial charge on any atom is 0.344 e. The average molecular weight is 548 g/mol. The first kappa shape index (κ1) is 28.0. The molecule has 0 spiro atoms. The van der Waals surface area contributed by atoms with Crippen molar-refractivity contribution >= 4 is 40.1 Å². The number of anilines is 1. The number of hydrogen-bond acceptors (Lipinski definition) is 8. The molecule has 0 unspecified atom stereocenters. The zero-order valence-electron chi connectivity index (χ0n) is 19.4. The summed E-state index contributed by atoms with van der Waals surface area (Å²) in [4.78, 5) is 28.5. The molecule has 1 fully saturated rings. The van der Waals surface area contributed by atoms with Crippen LogP contribution in [0.5, 0.6) is 5.88 Å². The first-order chi connectivity index (χ1) is 17.3. The van der Waals surface area contributed by atoms with E-state index in [1.165, 1.54) is 0 Å². The number of aliphatic hydroxyl groups is 1. The standard InChI is InChI=1S/C22H28ClF2N5O5S/c23-14-11-16(24)15(17(25)12-14)13-35-19-18(21(32)33)20(36-28-19)27-22(34)26-3-1-2-4-29-5-7-30(8-6-29)9-10-31/h11-12,31H,1-10,13H2,(H,32,33)(H2,26,27,34). The molecule has 1 saturated heterocycles. The zero-order valence-corrected chi connectivity index (χ0v) is 21.0. The minimum absolute atomic E-state index is 0.0622. The molecule has 3 rings (SSSR count). The van der Waals surface area contributed by atoms with Gasteiger partial charge in [0.2, 0.25) is 5.88 Å². The molecule has 1 aromatic carbocycles. The highest BCUT2D eigenvalue weighted by Crippen LogP contribution is 2.31. The number of aromatic carboxylic acids is 1. The number of aromatic nitrogens is 1. The summed E-state index contributed by atoms with van der Waals surface area (Å²) >= 11 is 6.28. The minimum Gasteiger partial charge on any atom is -0.477 e.